The molecule has 0 saturated heterocycles. The number of hydrogen-bond acceptors (Lipinski definition) is 6. The number of ether oxygens (including phenoxy) is 2. The Labute approximate surface area is 148 Å². The van der Waals surface area contributed by atoms with Gasteiger partial charge in [0.1, 0.15) is 4.60 Å². The fourth-order valence-corrected chi connectivity index (χ4v) is 2.48. The Bertz CT molecular complexity index is 773. The van der Waals surface area contributed by atoms with Gasteiger partial charge in [0.25, 0.3) is 0 Å². The van der Waals surface area contributed by atoms with Crippen molar-refractivity contribution in [2.75, 3.05) is 12.8 Å². The summed E-state index contributed by atoms with van der Waals surface area (Å²) in [6.07, 6.45) is -0.192. The van der Waals surface area contributed by atoms with Crippen LogP contribution in [0.1, 0.15) is 34.6 Å². The van der Waals surface area contributed by atoms with E-state index in [9.17, 15) is 9.59 Å². The Morgan fingerprint density at radius 1 is 1.17 bits per heavy atom. The maximum Gasteiger partial charge on any atom is 0.340 e. The minimum Gasteiger partial charge on any atom is -0.465 e. The first-order valence-electron chi connectivity index (χ1n) is 7.19. The summed E-state index contributed by atoms with van der Waals surface area (Å²) >= 11 is 3.26. The number of anilines is 1. The van der Waals surface area contributed by atoms with Crippen molar-refractivity contribution in [3.8, 4) is 11.3 Å². The third-order valence-corrected chi connectivity index (χ3v) is 3.58. The Morgan fingerprint density at radius 2 is 1.79 bits per heavy atom. The van der Waals surface area contributed by atoms with E-state index in [0.29, 0.717) is 21.4 Å². The minimum atomic E-state index is -0.547. The van der Waals surface area contributed by atoms with Crippen LogP contribution in [0.4, 0.5) is 5.69 Å². The van der Waals surface area contributed by atoms with Gasteiger partial charge in [0, 0.05) is 5.56 Å². The summed E-state index contributed by atoms with van der Waals surface area (Å²) in [5, 5.41) is 0. The first-order chi connectivity index (χ1) is 11.3. The number of nitrogen functional groups attached to an aromatic ring is 1. The van der Waals surface area contributed by atoms with Gasteiger partial charge < -0.3 is 15.2 Å². The number of pyridine rings is 1. The second-order valence-electron chi connectivity index (χ2n) is 5.28. The molecule has 0 amide bonds. The average Bonchev–Trinajstić information content (AvgIpc) is 2.55. The smallest absolute Gasteiger partial charge is 0.340 e. The maximum atomic E-state index is 11.9. The molecular weight excluding hydrogens is 376 g/mol. The van der Waals surface area contributed by atoms with Gasteiger partial charge in [-0.2, -0.15) is 0 Å². The highest BCUT2D eigenvalue weighted by Gasteiger charge is 2.18. The van der Waals surface area contributed by atoms with Crippen LogP contribution in [-0.4, -0.2) is 30.1 Å². The zero-order valence-electron chi connectivity index (χ0n) is 13.5. The predicted molar refractivity (Wildman–Crippen MR) is 93.7 cm³/mol. The van der Waals surface area contributed by atoms with Crippen LogP contribution in [0.15, 0.2) is 34.9 Å². The van der Waals surface area contributed by atoms with Gasteiger partial charge in [0.05, 0.1) is 35.7 Å². The van der Waals surface area contributed by atoms with Gasteiger partial charge >= 0.3 is 11.9 Å². The summed E-state index contributed by atoms with van der Waals surface area (Å²) in [5.41, 5.74) is 8.00. The molecule has 2 N–H and O–H groups in total. The van der Waals surface area contributed by atoms with E-state index in [0.717, 1.165) is 0 Å². The van der Waals surface area contributed by atoms with Gasteiger partial charge in [-0.05, 0) is 48.0 Å². The Kier molecular flexibility index (Phi) is 5.56. The number of aromatic nitrogens is 1. The number of halogens is 1. The van der Waals surface area contributed by atoms with Crippen molar-refractivity contribution in [1.82, 2.24) is 4.98 Å². The zero-order chi connectivity index (χ0) is 17.9. The number of nitrogens with zero attached hydrogens (tertiary/aromatic N) is 1. The number of rotatable bonds is 4. The van der Waals surface area contributed by atoms with Crippen molar-refractivity contribution < 1.29 is 19.1 Å². The first-order valence-corrected chi connectivity index (χ1v) is 7.98. The highest BCUT2D eigenvalue weighted by molar-refractivity contribution is 9.10. The van der Waals surface area contributed by atoms with E-state index in [1.807, 2.05) is 0 Å². The fourth-order valence-electron chi connectivity index (χ4n) is 2.07. The molecule has 0 atom stereocenters. The Morgan fingerprint density at radius 3 is 2.33 bits per heavy atom. The molecule has 1 heterocycles. The number of nitrogens with two attached hydrogens (primary N) is 1. The summed E-state index contributed by atoms with van der Waals surface area (Å²) in [6, 6.07) is 8.14. The molecule has 0 unspecified atom stereocenters. The SMILES string of the molecule is COC(=O)c1cc(Br)nc(-c2ccc(C(=O)OC(C)C)cc2)c1N. The molecule has 6 nitrogen and oxygen atoms in total. The topological polar surface area (TPSA) is 91.5 Å². The molecule has 2 rings (SSSR count). The summed E-state index contributed by atoms with van der Waals surface area (Å²) in [5.74, 6) is -0.948. The van der Waals surface area contributed by atoms with Gasteiger partial charge in [-0.3, -0.25) is 0 Å². The van der Waals surface area contributed by atoms with Gasteiger partial charge in [-0.15, -0.1) is 0 Å². The molecule has 0 fully saturated rings. The van der Waals surface area contributed by atoms with Crippen molar-refractivity contribution in [3.63, 3.8) is 0 Å². The third-order valence-electron chi connectivity index (χ3n) is 3.17. The van der Waals surface area contributed by atoms with Gasteiger partial charge in [0.15, 0.2) is 0 Å². The van der Waals surface area contributed by atoms with Crippen LogP contribution in [0.2, 0.25) is 0 Å². The van der Waals surface area contributed by atoms with Gasteiger partial charge in [-0.1, -0.05) is 12.1 Å². The lowest BCUT2D eigenvalue weighted by Crippen LogP contribution is -2.11. The summed E-state index contributed by atoms with van der Waals surface area (Å²) in [6.45, 7) is 3.57. The number of methoxy groups -OCH3 is 1. The molecule has 1 aromatic heterocycles. The molecule has 0 aliphatic heterocycles. The highest BCUT2D eigenvalue weighted by Crippen LogP contribution is 2.30. The van der Waals surface area contributed by atoms with Crippen molar-refractivity contribution in [3.05, 3.63) is 46.1 Å². The average molecular weight is 393 g/mol. The standard InChI is InChI=1S/C17H17BrN2O4/c1-9(2)24-16(21)11-6-4-10(5-7-11)15-14(19)12(17(22)23-3)8-13(18)20-15/h4-9H,19H2,1-3H3. The predicted octanol–water partition coefficient (Wildman–Crippen LogP) is 3.45. The van der Waals surface area contributed by atoms with Crippen molar-refractivity contribution in [1.29, 1.82) is 0 Å². The summed E-state index contributed by atoms with van der Waals surface area (Å²) in [7, 11) is 1.28. The Balaban J connectivity index is 2.40. The number of esters is 2. The largest absolute Gasteiger partial charge is 0.465 e. The highest BCUT2D eigenvalue weighted by atomic mass is 79.9. The van der Waals surface area contributed by atoms with Crippen molar-refractivity contribution in [2.24, 2.45) is 0 Å². The molecule has 7 heteroatoms. The third kappa shape index (κ3) is 3.91. The van der Waals surface area contributed by atoms with Crippen LogP contribution in [0.25, 0.3) is 11.3 Å². The number of benzene rings is 1. The van der Waals surface area contributed by atoms with E-state index in [1.54, 1.807) is 38.1 Å². The number of hydrogen-bond donors (Lipinski definition) is 1. The van der Waals surface area contributed by atoms with Crippen LogP contribution < -0.4 is 5.73 Å². The number of carbonyl (C=O) groups excluding carboxylic acids is 2. The van der Waals surface area contributed by atoms with Gasteiger partial charge in [0.2, 0.25) is 0 Å². The normalized spacial score (nSPS) is 10.5. The quantitative estimate of drug-likeness (QED) is 0.632. The summed E-state index contributed by atoms with van der Waals surface area (Å²) in [4.78, 5) is 28.0. The molecule has 0 spiro atoms. The van der Waals surface area contributed by atoms with E-state index in [-0.39, 0.29) is 17.4 Å². The molecule has 0 radical (unpaired) electrons. The molecule has 126 valence electrons. The van der Waals surface area contributed by atoms with Crippen LogP contribution in [0, 0.1) is 0 Å². The monoisotopic (exact) mass is 392 g/mol. The van der Waals surface area contributed by atoms with Crippen LogP contribution in [0.3, 0.4) is 0 Å². The van der Waals surface area contributed by atoms with Crippen LogP contribution >= 0.6 is 15.9 Å². The molecule has 0 bridgehead atoms. The lowest BCUT2D eigenvalue weighted by Gasteiger charge is -2.11. The van der Waals surface area contributed by atoms with Crippen molar-refractivity contribution in [2.45, 2.75) is 20.0 Å². The van der Waals surface area contributed by atoms with E-state index >= 15 is 0 Å². The lowest BCUT2D eigenvalue weighted by molar-refractivity contribution is 0.0377. The molecule has 0 saturated carbocycles. The molecule has 0 aliphatic rings. The molecule has 2 aromatic rings. The second-order valence-corrected chi connectivity index (χ2v) is 6.09. The zero-order valence-corrected chi connectivity index (χ0v) is 15.1. The molecule has 24 heavy (non-hydrogen) atoms. The van der Waals surface area contributed by atoms with Crippen LogP contribution in [-0.2, 0) is 9.47 Å². The van der Waals surface area contributed by atoms with Crippen LogP contribution in [0.5, 0.6) is 0 Å². The molecular formula is C17H17BrN2O4. The molecule has 0 aliphatic carbocycles. The van der Waals surface area contributed by atoms with Gasteiger partial charge in [-0.25, -0.2) is 14.6 Å². The summed E-state index contributed by atoms with van der Waals surface area (Å²) < 4.78 is 10.3. The minimum absolute atomic E-state index is 0.192. The number of carbonyl (C=O) groups is 2. The Hall–Kier alpha value is -2.41. The second kappa shape index (κ2) is 7.44. The van der Waals surface area contributed by atoms with E-state index in [4.69, 9.17) is 15.2 Å². The first kappa shape index (κ1) is 17.9. The van der Waals surface area contributed by atoms with E-state index in [2.05, 4.69) is 20.9 Å². The van der Waals surface area contributed by atoms with Crippen molar-refractivity contribution >= 4 is 33.6 Å². The fraction of sp³-hybridized carbons (Fsp3) is 0.235. The molecule has 1 aromatic carbocycles. The van der Waals surface area contributed by atoms with E-state index < -0.39 is 11.9 Å². The maximum absolute atomic E-state index is 11.9. The van der Waals surface area contributed by atoms with E-state index in [1.165, 1.54) is 13.2 Å². The lowest BCUT2D eigenvalue weighted by atomic mass is 10.0.